The maximum atomic E-state index is 11.0. The van der Waals surface area contributed by atoms with E-state index < -0.39 is 0 Å². The standard InChI is InChI=1S/C7H14O3S/c1-6(11-3)7(8)10-5-4-9-2/h6H,4-5H2,1-3H3. The first kappa shape index (κ1) is 10.8. The summed E-state index contributed by atoms with van der Waals surface area (Å²) in [5.74, 6) is -0.172. The van der Waals surface area contributed by atoms with Crippen LogP contribution < -0.4 is 0 Å². The zero-order valence-electron chi connectivity index (χ0n) is 7.12. The third-order valence-corrected chi connectivity index (χ3v) is 2.12. The predicted octanol–water partition coefficient (Wildman–Crippen LogP) is 0.928. The van der Waals surface area contributed by atoms with Crippen LogP contribution in [0, 0.1) is 0 Å². The van der Waals surface area contributed by atoms with Crippen molar-refractivity contribution in [2.45, 2.75) is 12.2 Å². The molecule has 0 amide bonds. The Kier molecular flexibility index (Phi) is 6.36. The Hall–Kier alpha value is -0.220. The van der Waals surface area contributed by atoms with Crippen molar-refractivity contribution in [1.29, 1.82) is 0 Å². The first-order valence-electron chi connectivity index (χ1n) is 3.40. The molecule has 0 aromatic rings. The second-order valence-electron chi connectivity index (χ2n) is 2.04. The summed E-state index contributed by atoms with van der Waals surface area (Å²) in [6, 6.07) is 0. The largest absolute Gasteiger partial charge is 0.462 e. The molecule has 0 bridgehead atoms. The van der Waals surface area contributed by atoms with E-state index in [-0.39, 0.29) is 11.2 Å². The third-order valence-electron chi connectivity index (χ3n) is 1.22. The van der Waals surface area contributed by atoms with Crippen molar-refractivity contribution in [2.24, 2.45) is 0 Å². The van der Waals surface area contributed by atoms with E-state index in [1.807, 2.05) is 13.2 Å². The van der Waals surface area contributed by atoms with Crippen molar-refractivity contribution in [2.75, 3.05) is 26.6 Å². The van der Waals surface area contributed by atoms with Gasteiger partial charge >= 0.3 is 5.97 Å². The number of ether oxygens (including phenoxy) is 2. The van der Waals surface area contributed by atoms with Gasteiger partial charge in [0.2, 0.25) is 0 Å². The van der Waals surface area contributed by atoms with Gasteiger partial charge in [0.1, 0.15) is 6.61 Å². The lowest BCUT2D eigenvalue weighted by Crippen LogP contribution is -2.18. The molecule has 0 saturated heterocycles. The van der Waals surface area contributed by atoms with Gasteiger partial charge in [-0.2, -0.15) is 11.8 Å². The molecular formula is C7H14O3S. The number of methoxy groups -OCH3 is 1. The van der Waals surface area contributed by atoms with Crippen LogP contribution in [0.5, 0.6) is 0 Å². The zero-order chi connectivity index (χ0) is 8.69. The first-order valence-corrected chi connectivity index (χ1v) is 4.69. The summed E-state index contributed by atoms with van der Waals surface area (Å²) in [5.41, 5.74) is 0. The first-order chi connectivity index (χ1) is 5.22. The van der Waals surface area contributed by atoms with E-state index in [1.54, 1.807) is 7.11 Å². The number of esters is 1. The predicted molar refractivity (Wildman–Crippen MR) is 45.8 cm³/mol. The van der Waals surface area contributed by atoms with Crippen LogP contribution >= 0.6 is 11.8 Å². The highest BCUT2D eigenvalue weighted by atomic mass is 32.2. The highest BCUT2D eigenvalue weighted by molar-refractivity contribution is 7.99. The fraction of sp³-hybridized carbons (Fsp3) is 0.857. The zero-order valence-corrected chi connectivity index (χ0v) is 7.94. The number of rotatable bonds is 5. The molecule has 0 fully saturated rings. The third kappa shape index (κ3) is 5.09. The van der Waals surface area contributed by atoms with Crippen molar-refractivity contribution in [3.63, 3.8) is 0 Å². The van der Waals surface area contributed by atoms with Crippen molar-refractivity contribution >= 4 is 17.7 Å². The number of hydrogen-bond donors (Lipinski definition) is 0. The molecule has 1 atom stereocenters. The van der Waals surface area contributed by atoms with Crippen molar-refractivity contribution in [3.8, 4) is 0 Å². The van der Waals surface area contributed by atoms with Gasteiger partial charge in [0.05, 0.1) is 11.9 Å². The molecule has 0 aliphatic carbocycles. The van der Waals surface area contributed by atoms with Gasteiger partial charge in [-0.1, -0.05) is 0 Å². The summed E-state index contributed by atoms with van der Waals surface area (Å²) >= 11 is 1.48. The monoisotopic (exact) mass is 178 g/mol. The van der Waals surface area contributed by atoms with Gasteiger partial charge in [0.15, 0.2) is 0 Å². The van der Waals surface area contributed by atoms with E-state index in [2.05, 4.69) is 0 Å². The molecule has 0 saturated carbocycles. The molecule has 0 aliphatic heterocycles. The topological polar surface area (TPSA) is 35.5 Å². The fourth-order valence-corrected chi connectivity index (χ4v) is 0.700. The van der Waals surface area contributed by atoms with E-state index in [0.717, 1.165) is 0 Å². The molecule has 0 aromatic heterocycles. The van der Waals surface area contributed by atoms with Gasteiger partial charge in [-0.05, 0) is 13.2 Å². The quantitative estimate of drug-likeness (QED) is 0.463. The van der Waals surface area contributed by atoms with Crippen LogP contribution in [0.15, 0.2) is 0 Å². The van der Waals surface area contributed by atoms with E-state index in [4.69, 9.17) is 9.47 Å². The van der Waals surface area contributed by atoms with Gasteiger partial charge in [0, 0.05) is 7.11 Å². The Morgan fingerprint density at radius 2 is 2.18 bits per heavy atom. The SMILES string of the molecule is COCCOC(=O)C(C)SC. The molecular weight excluding hydrogens is 164 g/mol. The number of hydrogen-bond acceptors (Lipinski definition) is 4. The average Bonchev–Trinajstić information content (AvgIpc) is 2.03. The molecule has 0 N–H and O–H groups in total. The normalized spacial score (nSPS) is 12.6. The molecule has 4 heteroatoms. The molecule has 0 radical (unpaired) electrons. The van der Waals surface area contributed by atoms with E-state index >= 15 is 0 Å². The minimum Gasteiger partial charge on any atom is -0.462 e. The summed E-state index contributed by atoms with van der Waals surface area (Å²) < 4.78 is 9.57. The summed E-state index contributed by atoms with van der Waals surface area (Å²) in [4.78, 5) is 11.0. The van der Waals surface area contributed by atoms with Crippen molar-refractivity contribution < 1.29 is 14.3 Å². The van der Waals surface area contributed by atoms with E-state index in [1.165, 1.54) is 11.8 Å². The molecule has 3 nitrogen and oxygen atoms in total. The highest BCUT2D eigenvalue weighted by Gasteiger charge is 2.11. The summed E-state index contributed by atoms with van der Waals surface area (Å²) in [5, 5.41) is -0.0770. The lowest BCUT2D eigenvalue weighted by Gasteiger charge is -2.07. The van der Waals surface area contributed by atoms with E-state index in [0.29, 0.717) is 13.2 Å². The smallest absolute Gasteiger partial charge is 0.318 e. The number of carbonyl (C=O) groups is 1. The maximum absolute atomic E-state index is 11.0. The van der Waals surface area contributed by atoms with Gasteiger partial charge in [0.25, 0.3) is 0 Å². The van der Waals surface area contributed by atoms with Crippen molar-refractivity contribution in [3.05, 3.63) is 0 Å². The van der Waals surface area contributed by atoms with Gasteiger partial charge in [-0.25, -0.2) is 0 Å². The molecule has 0 rings (SSSR count). The van der Waals surface area contributed by atoms with Crippen LogP contribution in [-0.2, 0) is 14.3 Å². The second kappa shape index (κ2) is 6.49. The second-order valence-corrected chi connectivity index (χ2v) is 3.22. The van der Waals surface area contributed by atoms with Gasteiger partial charge < -0.3 is 9.47 Å². The van der Waals surface area contributed by atoms with Crippen LogP contribution in [0.3, 0.4) is 0 Å². The van der Waals surface area contributed by atoms with Crippen molar-refractivity contribution in [1.82, 2.24) is 0 Å². The molecule has 0 heterocycles. The molecule has 0 spiro atoms. The van der Waals surface area contributed by atoms with Crippen LogP contribution in [0.4, 0.5) is 0 Å². The Labute approximate surface area is 71.4 Å². The molecule has 1 unspecified atom stereocenters. The van der Waals surface area contributed by atoms with Crippen LogP contribution in [-0.4, -0.2) is 37.8 Å². The van der Waals surface area contributed by atoms with Crippen LogP contribution in [0.1, 0.15) is 6.92 Å². The molecule has 11 heavy (non-hydrogen) atoms. The number of thioether (sulfide) groups is 1. The Morgan fingerprint density at radius 3 is 2.64 bits per heavy atom. The van der Waals surface area contributed by atoms with Crippen LogP contribution in [0.2, 0.25) is 0 Å². The van der Waals surface area contributed by atoms with E-state index in [9.17, 15) is 4.79 Å². The summed E-state index contributed by atoms with van der Waals surface area (Å²) in [6.07, 6.45) is 1.88. The fourth-order valence-electron chi connectivity index (χ4n) is 0.439. The lowest BCUT2D eigenvalue weighted by atomic mass is 10.5. The minimum atomic E-state index is -0.172. The molecule has 0 aliphatic rings. The lowest BCUT2D eigenvalue weighted by molar-refractivity contribution is -0.143. The van der Waals surface area contributed by atoms with Crippen LogP contribution in [0.25, 0.3) is 0 Å². The van der Waals surface area contributed by atoms with Gasteiger partial charge in [-0.3, -0.25) is 4.79 Å². The molecule has 0 aromatic carbocycles. The molecule has 66 valence electrons. The number of carbonyl (C=O) groups excluding carboxylic acids is 1. The Balaban J connectivity index is 3.36. The summed E-state index contributed by atoms with van der Waals surface area (Å²) in [6.45, 7) is 2.63. The van der Waals surface area contributed by atoms with Gasteiger partial charge in [-0.15, -0.1) is 0 Å². The summed E-state index contributed by atoms with van der Waals surface area (Å²) in [7, 11) is 1.58. The minimum absolute atomic E-state index is 0.0770. The Morgan fingerprint density at radius 1 is 1.55 bits per heavy atom. The maximum Gasteiger partial charge on any atom is 0.318 e. The average molecular weight is 178 g/mol. The Bertz CT molecular complexity index is 116. The highest BCUT2D eigenvalue weighted by Crippen LogP contribution is 2.06.